The molecule has 2 rings (SSSR count). The lowest BCUT2D eigenvalue weighted by Gasteiger charge is -2.16. The first-order valence-corrected chi connectivity index (χ1v) is 5.93. The highest BCUT2D eigenvalue weighted by Crippen LogP contribution is 2.41. The van der Waals surface area contributed by atoms with Crippen LogP contribution >= 0.6 is 0 Å². The van der Waals surface area contributed by atoms with Crippen LogP contribution in [0.15, 0.2) is 12.4 Å². The molecule has 1 N–H and O–H groups in total. The van der Waals surface area contributed by atoms with Crippen molar-refractivity contribution in [2.75, 3.05) is 7.05 Å². The van der Waals surface area contributed by atoms with Crippen LogP contribution in [0.3, 0.4) is 0 Å². The molecule has 0 aromatic carbocycles. The third-order valence-electron chi connectivity index (χ3n) is 3.60. The van der Waals surface area contributed by atoms with Crippen molar-refractivity contribution >= 4 is 0 Å². The van der Waals surface area contributed by atoms with Crippen LogP contribution in [-0.2, 0) is 13.0 Å². The lowest BCUT2D eigenvalue weighted by atomic mass is 10.1. The summed E-state index contributed by atoms with van der Waals surface area (Å²) in [7, 11) is 2.06. The number of hydrogen-bond donors (Lipinski definition) is 1. The topological polar surface area (TPSA) is 29.9 Å². The third-order valence-corrected chi connectivity index (χ3v) is 3.60. The second-order valence-corrected chi connectivity index (χ2v) is 4.61. The monoisotopic (exact) mass is 207 g/mol. The van der Waals surface area contributed by atoms with Crippen molar-refractivity contribution in [3.8, 4) is 0 Å². The smallest absolute Gasteiger partial charge is 0.110 e. The largest absolute Gasteiger partial charge is 0.335 e. The van der Waals surface area contributed by atoms with E-state index in [4.69, 9.17) is 0 Å². The number of aryl methyl sites for hydroxylation is 1. The minimum Gasteiger partial charge on any atom is -0.335 e. The second kappa shape index (κ2) is 4.35. The van der Waals surface area contributed by atoms with Gasteiger partial charge >= 0.3 is 0 Å². The molecule has 1 aliphatic rings. The number of nitrogens with zero attached hydrogens (tertiary/aromatic N) is 2. The molecule has 1 saturated carbocycles. The van der Waals surface area contributed by atoms with Crippen molar-refractivity contribution in [1.29, 1.82) is 0 Å². The fourth-order valence-electron chi connectivity index (χ4n) is 2.39. The molecule has 3 atom stereocenters. The summed E-state index contributed by atoms with van der Waals surface area (Å²) in [5.74, 6) is 2.97. The zero-order chi connectivity index (χ0) is 10.8. The maximum absolute atomic E-state index is 4.43. The quantitative estimate of drug-likeness (QED) is 0.796. The highest BCUT2D eigenvalue weighted by Gasteiger charge is 2.39. The number of aromatic nitrogens is 2. The summed E-state index contributed by atoms with van der Waals surface area (Å²) in [5, 5.41) is 3.43. The lowest BCUT2D eigenvalue weighted by molar-refractivity contribution is 0.461. The summed E-state index contributed by atoms with van der Waals surface area (Å²) < 4.78 is 2.23. The molecule has 0 amide bonds. The van der Waals surface area contributed by atoms with E-state index in [1.54, 1.807) is 0 Å². The molecule has 15 heavy (non-hydrogen) atoms. The number of nitrogens with one attached hydrogen (secondary N) is 1. The minimum absolute atomic E-state index is 0.604. The van der Waals surface area contributed by atoms with Gasteiger partial charge in [-0.15, -0.1) is 0 Å². The van der Waals surface area contributed by atoms with E-state index in [2.05, 4.69) is 42.0 Å². The summed E-state index contributed by atoms with van der Waals surface area (Å²) in [4.78, 5) is 4.43. The SMILES string of the molecule is CCn1ccnc1CC(NC)C1CC1C. The van der Waals surface area contributed by atoms with Gasteiger partial charge in [0.1, 0.15) is 5.82 Å². The Morgan fingerprint density at radius 3 is 2.93 bits per heavy atom. The summed E-state index contributed by atoms with van der Waals surface area (Å²) in [6.07, 6.45) is 6.41. The molecule has 1 aromatic rings. The summed E-state index contributed by atoms with van der Waals surface area (Å²) in [6.45, 7) is 5.52. The summed E-state index contributed by atoms with van der Waals surface area (Å²) in [5.41, 5.74) is 0. The van der Waals surface area contributed by atoms with E-state index in [0.29, 0.717) is 6.04 Å². The average molecular weight is 207 g/mol. The van der Waals surface area contributed by atoms with Gasteiger partial charge in [0.2, 0.25) is 0 Å². The van der Waals surface area contributed by atoms with Gasteiger partial charge in [0.15, 0.2) is 0 Å². The number of rotatable bonds is 5. The van der Waals surface area contributed by atoms with Crippen LogP contribution in [0.4, 0.5) is 0 Å². The highest BCUT2D eigenvalue weighted by atomic mass is 15.1. The van der Waals surface area contributed by atoms with Crippen molar-refractivity contribution in [2.45, 2.75) is 39.3 Å². The molecular weight excluding hydrogens is 186 g/mol. The highest BCUT2D eigenvalue weighted by molar-refractivity contribution is 5.01. The van der Waals surface area contributed by atoms with Crippen molar-refractivity contribution in [3.05, 3.63) is 18.2 Å². The molecule has 1 aliphatic carbocycles. The van der Waals surface area contributed by atoms with Crippen LogP contribution < -0.4 is 5.32 Å². The molecule has 3 nitrogen and oxygen atoms in total. The van der Waals surface area contributed by atoms with Gasteiger partial charge in [-0.25, -0.2) is 4.98 Å². The van der Waals surface area contributed by atoms with Crippen molar-refractivity contribution in [1.82, 2.24) is 14.9 Å². The Morgan fingerprint density at radius 1 is 1.67 bits per heavy atom. The van der Waals surface area contributed by atoms with E-state index in [1.807, 2.05) is 6.20 Å². The molecule has 0 aliphatic heterocycles. The number of likely N-dealkylation sites (N-methyl/N-ethyl adjacent to an activating group) is 1. The van der Waals surface area contributed by atoms with E-state index in [-0.39, 0.29) is 0 Å². The second-order valence-electron chi connectivity index (χ2n) is 4.61. The first-order chi connectivity index (χ1) is 7.26. The number of imidazole rings is 1. The van der Waals surface area contributed by atoms with Crippen molar-refractivity contribution < 1.29 is 0 Å². The summed E-state index contributed by atoms with van der Waals surface area (Å²) >= 11 is 0. The van der Waals surface area contributed by atoms with E-state index in [9.17, 15) is 0 Å². The molecule has 3 heteroatoms. The van der Waals surface area contributed by atoms with Gasteiger partial charge in [-0.05, 0) is 32.2 Å². The minimum atomic E-state index is 0.604. The third kappa shape index (κ3) is 2.23. The Balaban J connectivity index is 2.00. The van der Waals surface area contributed by atoms with Crippen molar-refractivity contribution in [2.24, 2.45) is 11.8 Å². The van der Waals surface area contributed by atoms with Crippen LogP contribution in [0, 0.1) is 11.8 Å². The van der Waals surface area contributed by atoms with E-state index >= 15 is 0 Å². The van der Waals surface area contributed by atoms with E-state index < -0.39 is 0 Å². The standard InChI is InChI=1S/C12H21N3/c1-4-15-6-5-14-12(15)8-11(13-3)10-7-9(10)2/h5-6,9-11,13H,4,7-8H2,1-3H3. The number of hydrogen-bond acceptors (Lipinski definition) is 2. The van der Waals surface area contributed by atoms with Crippen LogP contribution in [0.5, 0.6) is 0 Å². The molecule has 1 heterocycles. The first kappa shape index (κ1) is 10.7. The maximum atomic E-state index is 4.43. The molecule has 0 saturated heterocycles. The van der Waals surface area contributed by atoms with Gasteiger partial charge in [-0.1, -0.05) is 6.92 Å². The van der Waals surface area contributed by atoms with Gasteiger partial charge in [0.05, 0.1) is 0 Å². The Hall–Kier alpha value is -0.830. The van der Waals surface area contributed by atoms with Crippen LogP contribution in [0.2, 0.25) is 0 Å². The zero-order valence-corrected chi connectivity index (χ0v) is 9.90. The van der Waals surface area contributed by atoms with Gasteiger partial charge in [0, 0.05) is 31.4 Å². The fourth-order valence-corrected chi connectivity index (χ4v) is 2.39. The molecule has 0 spiro atoms. The average Bonchev–Trinajstić information content (AvgIpc) is 2.81. The Labute approximate surface area is 91.9 Å². The molecule has 0 bridgehead atoms. The molecule has 1 fully saturated rings. The molecular formula is C12H21N3. The molecule has 84 valence electrons. The Kier molecular flexibility index (Phi) is 3.10. The lowest BCUT2D eigenvalue weighted by Crippen LogP contribution is -2.31. The van der Waals surface area contributed by atoms with Crippen LogP contribution in [0.25, 0.3) is 0 Å². The van der Waals surface area contributed by atoms with Gasteiger partial charge in [-0.2, -0.15) is 0 Å². The predicted octanol–water partition coefficient (Wildman–Crippen LogP) is 1.69. The predicted molar refractivity (Wildman–Crippen MR) is 61.7 cm³/mol. The molecule has 3 unspecified atom stereocenters. The van der Waals surface area contributed by atoms with Crippen molar-refractivity contribution in [3.63, 3.8) is 0 Å². The van der Waals surface area contributed by atoms with Crippen LogP contribution in [-0.4, -0.2) is 22.6 Å². The molecule has 1 aromatic heterocycles. The molecule has 0 radical (unpaired) electrons. The Bertz CT molecular complexity index is 318. The maximum Gasteiger partial charge on any atom is 0.110 e. The zero-order valence-electron chi connectivity index (χ0n) is 9.90. The Morgan fingerprint density at radius 2 is 2.40 bits per heavy atom. The van der Waals surface area contributed by atoms with Gasteiger partial charge < -0.3 is 9.88 Å². The van der Waals surface area contributed by atoms with E-state index in [0.717, 1.165) is 24.8 Å². The first-order valence-electron chi connectivity index (χ1n) is 5.93. The van der Waals surface area contributed by atoms with Crippen LogP contribution in [0.1, 0.15) is 26.1 Å². The van der Waals surface area contributed by atoms with Gasteiger partial charge in [0.25, 0.3) is 0 Å². The summed E-state index contributed by atoms with van der Waals surface area (Å²) in [6, 6.07) is 0.604. The van der Waals surface area contributed by atoms with E-state index in [1.165, 1.54) is 12.2 Å². The van der Waals surface area contributed by atoms with Gasteiger partial charge in [-0.3, -0.25) is 0 Å². The fraction of sp³-hybridized carbons (Fsp3) is 0.750. The normalized spacial score (nSPS) is 26.6.